The molecule has 7 nitrogen and oxygen atoms in total. The molecular formula is C11H16N4O3. The average Bonchev–Trinajstić information content (AvgIpc) is 2.76. The predicted molar refractivity (Wildman–Crippen MR) is 64.1 cm³/mol. The number of carbonyl (C=O) groups is 2. The molecule has 0 unspecified atom stereocenters. The molecule has 0 spiro atoms. The minimum absolute atomic E-state index is 0.0437. The van der Waals surface area contributed by atoms with Gasteiger partial charge >= 0.3 is 0 Å². The van der Waals surface area contributed by atoms with Gasteiger partial charge in [0.25, 0.3) is 0 Å². The summed E-state index contributed by atoms with van der Waals surface area (Å²) in [6.07, 6.45) is 3.73. The summed E-state index contributed by atoms with van der Waals surface area (Å²) >= 11 is 0. The minimum Gasteiger partial charge on any atom is -0.383 e. The molecule has 1 aliphatic rings. The van der Waals surface area contributed by atoms with E-state index in [0.717, 1.165) is 0 Å². The lowest BCUT2D eigenvalue weighted by Gasteiger charge is -2.16. The molecule has 18 heavy (non-hydrogen) atoms. The standard InChI is InChI=1S/C11H16N4O3/c1-18-5-4-14-8-9(6-13-14)15-3-2-10(16)12-7-11(15)17/h6,8H,2-5,7H2,1H3,(H,12,16). The third-order valence-electron chi connectivity index (χ3n) is 2.76. The van der Waals surface area contributed by atoms with E-state index in [4.69, 9.17) is 4.74 Å². The van der Waals surface area contributed by atoms with E-state index >= 15 is 0 Å². The smallest absolute Gasteiger partial charge is 0.246 e. The number of methoxy groups -OCH3 is 1. The monoisotopic (exact) mass is 252 g/mol. The number of hydrogen-bond acceptors (Lipinski definition) is 4. The van der Waals surface area contributed by atoms with Crippen LogP contribution in [-0.2, 0) is 20.9 Å². The largest absolute Gasteiger partial charge is 0.383 e. The highest BCUT2D eigenvalue weighted by Gasteiger charge is 2.22. The van der Waals surface area contributed by atoms with Gasteiger partial charge in [0.2, 0.25) is 11.8 Å². The summed E-state index contributed by atoms with van der Waals surface area (Å²) in [5.74, 6) is -0.218. The number of nitrogens with zero attached hydrogens (tertiary/aromatic N) is 3. The molecule has 98 valence electrons. The van der Waals surface area contributed by atoms with Gasteiger partial charge in [-0.1, -0.05) is 0 Å². The molecule has 1 fully saturated rings. The van der Waals surface area contributed by atoms with Crippen molar-refractivity contribution in [3.05, 3.63) is 12.4 Å². The number of hydrogen-bond donors (Lipinski definition) is 1. The summed E-state index contributed by atoms with van der Waals surface area (Å²) in [7, 11) is 1.63. The fourth-order valence-corrected chi connectivity index (χ4v) is 1.77. The molecule has 1 saturated heterocycles. The third kappa shape index (κ3) is 2.86. The molecular weight excluding hydrogens is 236 g/mol. The molecule has 0 aromatic carbocycles. The van der Waals surface area contributed by atoms with Gasteiger partial charge in [0, 0.05) is 26.3 Å². The lowest BCUT2D eigenvalue weighted by Crippen LogP contribution is -2.35. The molecule has 2 amide bonds. The zero-order valence-corrected chi connectivity index (χ0v) is 10.3. The number of nitrogens with one attached hydrogen (secondary N) is 1. The molecule has 7 heteroatoms. The zero-order valence-electron chi connectivity index (χ0n) is 10.3. The van der Waals surface area contributed by atoms with Crippen molar-refractivity contribution in [1.82, 2.24) is 15.1 Å². The Morgan fingerprint density at radius 1 is 1.50 bits per heavy atom. The van der Waals surface area contributed by atoms with Gasteiger partial charge in [-0.2, -0.15) is 5.10 Å². The Hall–Kier alpha value is -1.89. The third-order valence-corrected chi connectivity index (χ3v) is 2.76. The van der Waals surface area contributed by atoms with E-state index in [-0.39, 0.29) is 18.4 Å². The van der Waals surface area contributed by atoms with Gasteiger partial charge < -0.3 is 15.0 Å². The molecule has 2 heterocycles. The first-order valence-corrected chi connectivity index (χ1v) is 5.79. The second kappa shape index (κ2) is 5.63. The van der Waals surface area contributed by atoms with Crippen LogP contribution in [0.5, 0.6) is 0 Å². The first kappa shape index (κ1) is 12.6. The number of aromatic nitrogens is 2. The lowest BCUT2D eigenvalue weighted by atomic mass is 10.3. The Labute approximate surface area is 105 Å². The van der Waals surface area contributed by atoms with Crippen LogP contribution in [0.15, 0.2) is 12.4 Å². The number of anilines is 1. The number of amides is 2. The topological polar surface area (TPSA) is 76.5 Å². The summed E-state index contributed by atoms with van der Waals surface area (Å²) in [6, 6.07) is 0. The molecule has 0 radical (unpaired) electrons. The van der Waals surface area contributed by atoms with Crippen molar-refractivity contribution >= 4 is 17.5 Å². The van der Waals surface area contributed by atoms with Crippen LogP contribution in [-0.4, -0.2) is 48.4 Å². The van der Waals surface area contributed by atoms with E-state index in [9.17, 15) is 9.59 Å². The van der Waals surface area contributed by atoms with Crippen LogP contribution < -0.4 is 10.2 Å². The quantitative estimate of drug-likeness (QED) is 0.775. The lowest BCUT2D eigenvalue weighted by molar-refractivity contribution is -0.123. The van der Waals surface area contributed by atoms with Gasteiger partial charge in [-0.25, -0.2) is 0 Å². The first-order chi connectivity index (χ1) is 8.70. The Morgan fingerprint density at radius 2 is 2.33 bits per heavy atom. The van der Waals surface area contributed by atoms with Crippen molar-refractivity contribution < 1.29 is 14.3 Å². The van der Waals surface area contributed by atoms with E-state index in [1.165, 1.54) is 0 Å². The van der Waals surface area contributed by atoms with Crippen molar-refractivity contribution in [2.75, 3.05) is 31.7 Å². The SMILES string of the molecule is COCCn1cc(N2CCC(=O)NCC2=O)cn1. The number of rotatable bonds is 4. The van der Waals surface area contributed by atoms with Crippen molar-refractivity contribution in [1.29, 1.82) is 0 Å². The number of ether oxygens (including phenoxy) is 1. The summed E-state index contributed by atoms with van der Waals surface area (Å²) in [4.78, 5) is 24.6. The van der Waals surface area contributed by atoms with E-state index in [1.54, 1.807) is 29.1 Å². The van der Waals surface area contributed by atoms with Gasteiger partial charge in [0.05, 0.1) is 31.6 Å². The van der Waals surface area contributed by atoms with Crippen LogP contribution >= 0.6 is 0 Å². The predicted octanol–water partition coefficient (Wildman–Crippen LogP) is -0.618. The highest BCUT2D eigenvalue weighted by atomic mass is 16.5. The molecule has 2 rings (SSSR count). The summed E-state index contributed by atoms with van der Waals surface area (Å²) < 4.78 is 6.67. The average molecular weight is 252 g/mol. The van der Waals surface area contributed by atoms with Crippen molar-refractivity contribution in [2.45, 2.75) is 13.0 Å². The minimum atomic E-state index is -0.118. The maximum atomic E-state index is 11.8. The summed E-state index contributed by atoms with van der Waals surface area (Å²) in [6.45, 7) is 1.63. The van der Waals surface area contributed by atoms with Gasteiger partial charge in [0.1, 0.15) is 0 Å². The normalized spacial score (nSPS) is 16.6. The fourth-order valence-electron chi connectivity index (χ4n) is 1.77. The Balaban J connectivity index is 2.07. The molecule has 0 aliphatic carbocycles. The van der Waals surface area contributed by atoms with Gasteiger partial charge in [-0.3, -0.25) is 14.3 Å². The molecule has 0 bridgehead atoms. The molecule has 1 aromatic heterocycles. The number of carbonyl (C=O) groups excluding carboxylic acids is 2. The Kier molecular flexibility index (Phi) is 3.93. The van der Waals surface area contributed by atoms with E-state index in [2.05, 4.69) is 10.4 Å². The molecule has 1 aromatic rings. The van der Waals surface area contributed by atoms with Gasteiger partial charge in [0.15, 0.2) is 0 Å². The van der Waals surface area contributed by atoms with Gasteiger partial charge in [-0.15, -0.1) is 0 Å². The Morgan fingerprint density at radius 3 is 3.11 bits per heavy atom. The van der Waals surface area contributed by atoms with E-state index in [0.29, 0.717) is 31.8 Å². The highest BCUT2D eigenvalue weighted by Crippen LogP contribution is 2.14. The maximum Gasteiger partial charge on any atom is 0.246 e. The van der Waals surface area contributed by atoms with Crippen LogP contribution in [0.4, 0.5) is 5.69 Å². The van der Waals surface area contributed by atoms with Crippen molar-refractivity contribution in [3.63, 3.8) is 0 Å². The summed E-state index contributed by atoms with van der Waals surface area (Å²) in [5.41, 5.74) is 0.715. The molecule has 0 atom stereocenters. The molecule has 0 saturated carbocycles. The fraction of sp³-hybridized carbons (Fsp3) is 0.545. The molecule has 1 aliphatic heterocycles. The van der Waals surface area contributed by atoms with E-state index < -0.39 is 0 Å². The zero-order chi connectivity index (χ0) is 13.0. The first-order valence-electron chi connectivity index (χ1n) is 5.79. The van der Waals surface area contributed by atoms with Crippen LogP contribution in [0.1, 0.15) is 6.42 Å². The van der Waals surface area contributed by atoms with Crippen molar-refractivity contribution in [3.8, 4) is 0 Å². The van der Waals surface area contributed by atoms with Crippen molar-refractivity contribution in [2.24, 2.45) is 0 Å². The van der Waals surface area contributed by atoms with E-state index in [1.807, 2.05) is 0 Å². The van der Waals surface area contributed by atoms with Crippen LogP contribution in [0.25, 0.3) is 0 Å². The van der Waals surface area contributed by atoms with Crippen LogP contribution in [0.2, 0.25) is 0 Å². The maximum absolute atomic E-state index is 11.8. The Bertz CT molecular complexity index is 443. The second-order valence-corrected chi connectivity index (χ2v) is 4.03. The molecule has 1 N–H and O–H groups in total. The second-order valence-electron chi connectivity index (χ2n) is 4.03. The van der Waals surface area contributed by atoms with Gasteiger partial charge in [-0.05, 0) is 0 Å². The highest BCUT2D eigenvalue weighted by molar-refractivity contribution is 5.98. The van der Waals surface area contributed by atoms with Crippen LogP contribution in [0.3, 0.4) is 0 Å². The van der Waals surface area contributed by atoms with Crippen LogP contribution in [0, 0.1) is 0 Å². The summed E-state index contributed by atoms with van der Waals surface area (Å²) in [5, 5.41) is 6.71.